The van der Waals surface area contributed by atoms with E-state index < -0.39 is 0 Å². The molecule has 0 amide bonds. The molecule has 120 valence electrons. The summed E-state index contributed by atoms with van der Waals surface area (Å²) in [4.78, 5) is 2.57. The van der Waals surface area contributed by atoms with Gasteiger partial charge in [0.2, 0.25) is 0 Å². The molecule has 3 nitrogen and oxygen atoms in total. The molecule has 1 aromatic heterocycles. The predicted molar refractivity (Wildman–Crippen MR) is 88.4 cm³/mol. The summed E-state index contributed by atoms with van der Waals surface area (Å²) in [5, 5.41) is 3.43. The minimum absolute atomic E-state index is 0.859. The van der Waals surface area contributed by atoms with E-state index in [1.54, 1.807) is 0 Å². The number of aryl methyl sites for hydroxylation is 1. The van der Waals surface area contributed by atoms with Crippen molar-refractivity contribution in [1.82, 2.24) is 10.2 Å². The van der Waals surface area contributed by atoms with Gasteiger partial charge in [-0.15, -0.1) is 0 Å². The van der Waals surface area contributed by atoms with Crippen LogP contribution in [0, 0.1) is 12.8 Å². The van der Waals surface area contributed by atoms with Crippen molar-refractivity contribution >= 4 is 0 Å². The number of likely N-dealkylation sites (tertiary alicyclic amines) is 1. The van der Waals surface area contributed by atoms with Crippen LogP contribution in [-0.2, 0) is 13.1 Å². The first kappa shape index (κ1) is 16.6. The zero-order valence-electron chi connectivity index (χ0n) is 14.1. The first-order valence-electron chi connectivity index (χ1n) is 8.74. The first-order chi connectivity index (χ1) is 10.2. The lowest BCUT2D eigenvalue weighted by Crippen LogP contribution is -2.24. The molecule has 0 aliphatic carbocycles. The van der Waals surface area contributed by atoms with Crippen LogP contribution in [0.4, 0.5) is 0 Å². The van der Waals surface area contributed by atoms with Crippen LogP contribution >= 0.6 is 0 Å². The van der Waals surface area contributed by atoms with Gasteiger partial charge in [0.1, 0.15) is 11.5 Å². The van der Waals surface area contributed by atoms with E-state index in [2.05, 4.69) is 37.1 Å². The lowest BCUT2D eigenvalue weighted by molar-refractivity contribution is 0.246. The number of hydrogen-bond acceptors (Lipinski definition) is 3. The van der Waals surface area contributed by atoms with E-state index in [1.807, 2.05) is 0 Å². The zero-order chi connectivity index (χ0) is 15.1. The van der Waals surface area contributed by atoms with Gasteiger partial charge in [-0.25, -0.2) is 0 Å². The molecule has 1 fully saturated rings. The van der Waals surface area contributed by atoms with Gasteiger partial charge < -0.3 is 9.73 Å². The topological polar surface area (TPSA) is 28.4 Å². The Balaban J connectivity index is 1.86. The maximum atomic E-state index is 6.05. The summed E-state index contributed by atoms with van der Waals surface area (Å²) in [5.41, 5.74) is 1.29. The van der Waals surface area contributed by atoms with Crippen LogP contribution in [0.5, 0.6) is 0 Å². The lowest BCUT2D eigenvalue weighted by Gasteiger charge is -2.18. The Morgan fingerprint density at radius 3 is 2.90 bits per heavy atom. The summed E-state index contributed by atoms with van der Waals surface area (Å²) in [5.74, 6) is 3.18. The van der Waals surface area contributed by atoms with Crippen molar-refractivity contribution in [3.05, 3.63) is 23.2 Å². The molecule has 3 heteroatoms. The molecule has 1 aromatic rings. The summed E-state index contributed by atoms with van der Waals surface area (Å²) in [7, 11) is 0. The molecule has 0 bridgehead atoms. The van der Waals surface area contributed by atoms with Gasteiger partial charge in [0.05, 0.1) is 13.1 Å². The van der Waals surface area contributed by atoms with E-state index >= 15 is 0 Å². The third kappa shape index (κ3) is 5.15. The smallest absolute Gasteiger partial charge is 0.120 e. The molecule has 1 aliphatic heterocycles. The van der Waals surface area contributed by atoms with E-state index in [4.69, 9.17) is 4.42 Å². The minimum atomic E-state index is 0.859. The van der Waals surface area contributed by atoms with Crippen molar-refractivity contribution in [1.29, 1.82) is 0 Å². The molecule has 0 radical (unpaired) electrons. The van der Waals surface area contributed by atoms with E-state index in [9.17, 15) is 0 Å². The highest BCUT2D eigenvalue weighted by molar-refractivity contribution is 5.20. The fourth-order valence-corrected chi connectivity index (χ4v) is 3.23. The van der Waals surface area contributed by atoms with E-state index in [1.165, 1.54) is 50.8 Å². The summed E-state index contributed by atoms with van der Waals surface area (Å²) < 4.78 is 6.05. The second-order valence-electron chi connectivity index (χ2n) is 6.48. The second kappa shape index (κ2) is 8.60. The fourth-order valence-electron chi connectivity index (χ4n) is 3.23. The monoisotopic (exact) mass is 292 g/mol. The number of nitrogens with zero attached hydrogens (tertiary/aromatic N) is 1. The Kier molecular flexibility index (Phi) is 6.78. The third-order valence-corrected chi connectivity index (χ3v) is 4.68. The van der Waals surface area contributed by atoms with E-state index in [-0.39, 0.29) is 0 Å². The van der Waals surface area contributed by atoms with Crippen LogP contribution in [0.3, 0.4) is 0 Å². The molecule has 21 heavy (non-hydrogen) atoms. The molecule has 1 atom stereocenters. The standard InChI is InChI=1S/C18H32N2O/c1-4-9-19-13-18-15(3)12-17(21-18)14-20-10-6-7-16(5-2)8-11-20/h12,16,19H,4-11,13-14H2,1-3H3. The van der Waals surface area contributed by atoms with Crippen molar-refractivity contribution in [2.24, 2.45) is 5.92 Å². The quantitative estimate of drug-likeness (QED) is 0.767. The molecule has 1 aliphatic rings. The summed E-state index contributed by atoms with van der Waals surface area (Å²) in [6.45, 7) is 12.0. The number of furan rings is 1. The summed E-state index contributed by atoms with van der Waals surface area (Å²) in [6, 6.07) is 2.23. The number of nitrogens with one attached hydrogen (secondary N) is 1. The van der Waals surface area contributed by atoms with Gasteiger partial charge >= 0.3 is 0 Å². The van der Waals surface area contributed by atoms with Crippen molar-refractivity contribution < 1.29 is 4.42 Å². The Morgan fingerprint density at radius 2 is 2.14 bits per heavy atom. The Labute approximate surface area is 130 Å². The molecular weight excluding hydrogens is 260 g/mol. The van der Waals surface area contributed by atoms with Gasteiger partial charge in [-0.2, -0.15) is 0 Å². The Bertz CT molecular complexity index is 413. The maximum Gasteiger partial charge on any atom is 0.120 e. The SMILES string of the molecule is CCCNCc1oc(CN2CCCC(CC)CC2)cc1C. The maximum absolute atomic E-state index is 6.05. The molecule has 0 spiro atoms. The van der Waals surface area contributed by atoms with Crippen molar-refractivity contribution in [3.63, 3.8) is 0 Å². The molecule has 1 unspecified atom stereocenters. The zero-order valence-corrected chi connectivity index (χ0v) is 14.1. The highest BCUT2D eigenvalue weighted by Crippen LogP contribution is 2.22. The highest BCUT2D eigenvalue weighted by atomic mass is 16.3. The van der Waals surface area contributed by atoms with E-state index in [0.717, 1.165) is 37.1 Å². The summed E-state index contributed by atoms with van der Waals surface area (Å²) >= 11 is 0. The van der Waals surface area contributed by atoms with Crippen molar-refractivity contribution in [2.75, 3.05) is 19.6 Å². The highest BCUT2D eigenvalue weighted by Gasteiger charge is 2.17. The number of hydrogen-bond donors (Lipinski definition) is 1. The molecule has 0 aromatic carbocycles. The predicted octanol–water partition coefficient (Wildman–Crippen LogP) is 4.10. The largest absolute Gasteiger partial charge is 0.463 e. The van der Waals surface area contributed by atoms with Crippen LogP contribution in [-0.4, -0.2) is 24.5 Å². The molecule has 2 rings (SSSR count). The van der Waals surface area contributed by atoms with Gasteiger partial charge in [0, 0.05) is 0 Å². The normalized spacial score (nSPS) is 20.6. The Morgan fingerprint density at radius 1 is 1.29 bits per heavy atom. The average Bonchev–Trinajstić information content (AvgIpc) is 2.69. The van der Waals surface area contributed by atoms with Crippen LogP contribution in [0.1, 0.15) is 63.0 Å². The van der Waals surface area contributed by atoms with Gasteiger partial charge in [-0.1, -0.05) is 20.3 Å². The molecule has 2 heterocycles. The van der Waals surface area contributed by atoms with Crippen LogP contribution < -0.4 is 5.32 Å². The minimum Gasteiger partial charge on any atom is -0.463 e. The molecule has 0 saturated carbocycles. The van der Waals surface area contributed by atoms with Crippen LogP contribution in [0.15, 0.2) is 10.5 Å². The van der Waals surface area contributed by atoms with Gasteiger partial charge in [-0.3, -0.25) is 4.90 Å². The van der Waals surface area contributed by atoms with Gasteiger partial charge in [-0.05, 0) is 69.8 Å². The van der Waals surface area contributed by atoms with Crippen molar-refractivity contribution in [2.45, 2.75) is 66.0 Å². The fraction of sp³-hybridized carbons (Fsp3) is 0.778. The second-order valence-corrected chi connectivity index (χ2v) is 6.48. The van der Waals surface area contributed by atoms with Crippen LogP contribution in [0.25, 0.3) is 0 Å². The van der Waals surface area contributed by atoms with E-state index in [0.29, 0.717) is 0 Å². The molecule has 1 saturated heterocycles. The van der Waals surface area contributed by atoms with Crippen molar-refractivity contribution in [3.8, 4) is 0 Å². The summed E-state index contributed by atoms with van der Waals surface area (Å²) in [6.07, 6.45) is 6.58. The average molecular weight is 292 g/mol. The third-order valence-electron chi connectivity index (χ3n) is 4.68. The van der Waals surface area contributed by atoms with Crippen LogP contribution in [0.2, 0.25) is 0 Å². The van der Waals surface area contributed by atoms with Gasteiger partial charge in [0.25, 0.3) is 0 Å². The number of rotatable bonds is 7. The first-order valence-corrected chi connectivity index (χ1v) is 8.74. The lowest BCUT2D eigenvalue weighted by atomic mass is 9.98. The Hall–Kier alpha value is -0.800. The molecule has 1 N–H and O–H groups in total. The van der Waals surface area contributed by atoms with Gasteiger partial charge in [0.15, 0.2) is 0 Å². The molecular formula is C18H32N2O.